The topological polar surface area (TPSA) is 75.4 Å². The second kappa shape index (κ2) is 5.29. The van der Waals surface area contributed by atoms with Crippen LogP contribution in [0, 0.1) is 6.92 Å². The van der Waals surface area contributed by atoms with E-state index in [1.54, 1.807) is 40.8 Å². The summed E-state index contributed by atoms with van der Waals surface area (Å²) in [5, 5.41) is 13.9. The molecule has 0 unspecified atom stereocenters. The van der Waals surface area contributed by atoms with Crippen LogP contribution in [0.25, 0.3) is 5.69 Å². The molecule has 0 saturated heterocycles. The highest BCUT2D eigenvalue weighted by molar-refractivity contribution is 5.91. The standard InChI is InChI=1S/C16H17N3O3/c1-10-13-9-18(11(2)20)8-7-15(13)19(17-10)14-6-4-3-5-12(14)16(21)22/h3-6H,7-9H2,1-2H3,(H,21,22). The minimum Gasteiger partial charge on any atom is -0.478 e. The maximum absolute atomic E-state index is 11.6. The fourth-order valence-corrected chi connectivity index (χ4v) is 2.89. The molecular formula is C16H17N3O3. The summed E-state index contributed by atoms with van der Waals surface area (Å²) in [6, 6.07) is 6.84. The van der Waals surface area contributed by atoms with Crippen LogP contribution in [0.2, 0.25) is 0 Å². The Morgan fingerprint density at radius 1 is 1.27 bits per heavy atom. The summed E-state index contributed by atoms with van der Waals surface area (Å²) in [5.74, 6) is -0.928. The summed E-state index contributed by atoms with van der Waals surface area (Å²) < 4.78 is 1.71. The number of carbonyl (C=O) groups is 2. The summed E-state index contributed by atoms with van der Waals surface area (Å²) >= 11 is 0. The van der Waals surface area contributed by atoms with E-state index in [-0.39, 0.29) is 11.5 Å². The van der Waals surface area contributed by atoms with Crippen molar-refractivity contribution in [2.75, 3.05) is 6.54 Å². The smallest absolute Gasteiger partial charge is 0.337 e. The number of hydrogen-bond acceptors (Lipinski definition) is 3. The summed E-state index contributed by atoms with van der Waals surface area (Å²) in [6.45, 7) is 4.61. The Balaban J connectivity index is 2.11. The van der Waals surface area contributed by atoms with E-state index < -0.39 is 5.97 Å². The number of aromatic carboxylic acids is 1. The highest BCUT2D eigenvalue weighted by atomic mass is 16.4. The number of para-hydroxylation sites is 1. The summed E-state index contributed by atoms with van der Waals surface area (Å²) in [5.41, 5.74) is 3.63. The van der Waals surface area contributed by atoms with Crippen LogP contribution in [0.4, 0.5) is 0 Å². The molecule has 0 saturated carbocycles. The van der Waals surface area contributed by atoms with Gasteiger partial charge in [0.2, 0.25) is 5.91 Å². The molecule has 1 N–H and O–H groups in total. The molecule has 3 rings (SSSR count). The minimum absolute atomic E-state index is 0.0451. The van der Waals surface area contributed by atoms with Crippen LogP contribution in [-0.4, -0.2) is 38.2 Å². The van der Waals surface area contributed by atoms with Crippen molar-refractivity contribution in [1.82, 2.24) is 14.7 Å². The van der Waals surface area contributed by atoms with Gasteiger partial charge in [0.05, 0.1) is 22.6 Å². The normalized spacial score (nSPS) is 13.8. The van der Waals surface area contributed by atoms with Gasteiger partial charge in [0.25, 0.3) is 0 Å². The number of aromatic nitrogens is 2. The zero-order valence-electron chi connectivity index (χ0n) is 12.5. The molecule has 0 atom stereocenters. The van der Waals surface area contributed by atoms with Crippen LogP contribution < -0.4 is 0 Å². The number of carboxylic acids is 1. The van der Waals surface area contributed by atoms with Crippen LogP contribution in [0.5, 0.6) is 0 Å². The van der Waals surface area contributed by atoms with Gasteiger partial charge in [-0.15, -0.1) is 0 Å². The first-order valence-electron chi connectivity index (χ1n) is 7.14. The van der Waals surface area contributed by atoms with Crippen LogP contribution in [-0.2, 0) is 17.8 Å². The molecule has 0 fully saturated rings. The first-order chi connectivity index (χ1) is 10.5. The second-order valence-electron chi connectivity index (χ2n) is 5.44. The monoisotopic (exact) mass is 299 g/mol. The van der Waals surface area contributed by atoms with Gasteiger partial charge in [0.15, 0.2) is 0 Å². The molecule has 6 nitrogen and oxygen atoms in total. The number of rotatable bonds is 2. The zero-order valence-corrected chi connectivity index (χ0v) is 12.5. The minimum atomic E-state index is -0.973. The van der Waals surface area contributed by atoms with Crippen LogP contribution in [0.1, 0.15) is 34.2 Å². The predicted octanol–water partition coefficient (Wildman–Crippen LogP) is 1.78. The van der Waals surface area contributed by atoms with E-state index in [1.165, 1.54) is 0 Å². The van der Waals surface area contributed by atoms with Crippen LogP contribution in [0.15, 0.2) is 24.3 Å². The average Bonchev–Trinajstić information content (AvgIpc) is 2.83. The number of nitrogens with zero attached hydrogens (tertiary/aromatic N) is 3. The molecule has 2 heterocycles. The van der Waals surface area contributed by atoms with Crippen molar-refractivity contribution in [3.63, 3.8) is 0 Å². The zero-order chi connectivity index (χ0) is 15.9. The SMILES string of the molecule is CC(=O)N1CCc2c(c(C)nn2-c2ccccc2C(=O)O)C1. The lowest BCUT2D eigenvalue weighted by molar-refractivity contribution is -0.129. The highest BCUT2D eigenvalue weighted by Crippen LogP contribution is 2.26. The number of aryl methyl sites for hydroxylation is 1. The Kier molecular flexibility index (Phi) is 3.44. The first-order valence-corrected chi connectivity index (χ1v) is 7.14. The summed E-state index contributed by atoms with van der Waals surface area (Å²) in [6.07, 6.45) is 0.670. The van der Waals surface area contributed by atoms with Gasteiger partial charge in [-0.05, 0) is 19.1 Å². The van der Waals surface area contributed by atoms with E-state index in [0.717, 1.165) is 17.0 Å². The van der Waals surface area contributed by atoms with Gasteiger partial charge in [-0.2, -0.15) is 5.10 Å². The van der Waals surface area contributed by atoms with Gasteiger partial charge in [-0.25, -0.2) is 9.48 Å². The van der Waals surface area contributed by atoms with Crippen molar-refractivity contribution in [1.29, 1.82) is 0 Å². The van der Waals surface area contributed by atoms with E-state index in [0.29, 0.717) is 25.2 Å². The van der Waals surface area contributed by atoms with Crippen molar-refractivity contribution < 1.29 is 14.7 Å². The number of carbonyl (C=O) groups excluding carboxylic acids is 1. The van der Waals surface area contributed by atoms with E-state index in [4.69, 9.17) is 0 Å². The van der Waals surface area contributed by atoms with Gasteiger partial charge in [0, 0.05) is 32.0 Å². The largest absolute Gasteiger partial charge is 0.478 e. The van der Waals surface area contributed by atoms with E-state index in [1.807, 2.05) is 6.92 Å². The maximum Gasteiger partial charge on any atom is 0.337 e. The van der Waals surface area contributed by atoms with Crippen molar-refractivity contribution in [2.24, 2.45) is 0 Å². The lowest BCUT2D eigenvalue weighted by atomic mass is 10.0. The molecule has 0 aliphatic carbocycles. The van der Waals surface area contributed by atoms with Crippen LogP contribution in [0.3, 0.4) is 0 Å². The fraction of sp³-hybridized carbons (Fsp3) is 0.312. The number of benzene rings is 1. The molecule has 0 bridgehead atoms. The lowest BCUT2D eigenvalue weighted by Gasteiger charge is -2.26. The Hall–Kier alpha value is -2.63. The number of hydrogen-bond donors (Lipinski definition) is 1. The van der Waals surface area contributed by atoms with E-state index in [2.05, 4.69) is 5.10 Å². The third-order valence-corrected chi connectivity index (χ3v) is 4.07. The van der Waals surface area contributed by atoms with Crippen LogP contribution >= 0.6 is 0 Å². The lowest BCUT2D eigenvalue weighted by Crippen LogP contribution is -2.34. The molecule has 1 aromatic carbocycles. The third-order valence-electron chi connectivity index (χ3n) is 4.07. The van der Waals surface area contributed by atoms with E-state index >= 15 is 0 Å². The Bertz CT molecular complexity index is 764. The van der Waals surface area contributed by atoms with Crippen molar-refractivity contribution >= 4 is 11.9 Å². The van der Waals surface area contributed by atoms with E-state index in [9.17, 15) is 14.7 Å². The summed E-state index contributed by atoms with van der Waals surface area (Å²) in [4.78, 5) is 24.8. The Morgan fingerprint density at radius 2 is 2.00 bits per heavy atom. The second-order valence-corrected chi connectivity index (χ2v) is 5.44. The Labute approximate surface area is 128 Å². The first kappa shape index (κ1) is 14.3. The maximum atomic E-state index is 11.6. The van der Waals surface area contributed by atoms with Crippen molar-refractivity contribution in [2.45, 2.75) is 26.8 Å². The molecule has 1 amide bonds. The molecule has 114 valence electrons. The average molecular weight is 299 g/mol. The molecule has 2 aromatic rings. The molecule has 0 radical (unpaired) electrons. The van der Waals surface area contributed by atoms with Gasteiger partial charge in [-0.3, -0.25) is 4.79 Å². The number of amides is 1. The number of carboxylic acid groups (broad SMARTS) is 1. The summed E-state index contributed by atoms with van der Waals surface area (Å²) in [7, 11) is 0. The predicted molar refractivity (Wildman–Crippen MR) is 80.1 cm³/mol. The fourth-order valence-electron chi connectivity index (χ4n) is 2.89. The van der Waals surface area contributed by atoms with Gasteiger partial charge >= 0.3 is 5.97 Å². The molecule has 1 aromatic heterocycles. The Morgan fingerprint density at radius 3 is 2.68 bits per heavy atom. The number of fused-ring (bicyclic) bond motifs is 1. The third kappa shape index (κ3) is 2.26. The van der Waals surface area contributed by atoms with Gasteiger partial charge < -0.3 is 10.0 Å². The molecule has 0 spiro atoms. The van der Waals surface area contributed by atoms with Gasteiger partial charge in [-0.1, -0.05) is 12.1 Å². The van der Waals surface area contributed by atoms with Gasteiger partial charge in [0.1, 0.15) is 0 Å². The molecular weight excluding hydrogens is 282 g/mol. The molecule has 1 aliphatic heterocycles. The molecule has 22 heavy (non-hydrogen) atoms. The molecule has 1 aliphatic rings. The molecule has 6 heteroatoms. The quantitative estimate of drug-likeness (QED) is 0.917. The van der Waals surface area contributed by atoms with Crippen molar-refractivity contribution in [3.05, 3.63) is 46.8 Å². The highest BCUT2D eigenvalue weighted by Gasteiger charge is 2.26. The van der Waals surface area contributed by atoms with Crippen molar-refractivity contribution in [3.8, 4) is 5.69 Å².